The minimum atomic E-state index is 0.255. The summed E-state index contributed by atoms with van der Waals surface area (Å²) >= 11 is 0. The molecule has 0 spiro atoms. The average Bonchev–Trinajstić information content (AvgIpc) is 2.03. The van der Waals surface area contributed by atoms with Gasteiger partial charge < -0.3 is 4.90 Å². The van der Waals surface area contributed by atoms with E-state index in [4.69, 9.17) is 0 Å². The zero-order chi connectivity index (χ0) is 9.84. The lowest BCUT2D eigenvalue weighted by atomic mass is 9.94. The molecule has 1 aliphatic rings. The van der Waals surface area contributed by atoms with Crippen molar-refractivity contribution < 1.29 is 4.79 Å². The monoisotopic (exact) mass is 183 g/mol. The summed E-state index contributed by atoms with van der Waals surface area (Å²) in [5.41, 5.74) is 0. The molecule has 13 heavy (non-hydrogen) atoms. The molecule has 0 aromatic carbocycles. The number of amides is 1. The van der Waals surface area contributed by atoms with Crippen molar-refractivity contribution in [3.05, 3.63) is 0 Å². The lowest BCUT2D eigenvalue weighted by Gasteiger charge is -2.36. The molecule has 0 aliphatic carbocycles. The van der Waals surface area contributed by atoms with Crippen molar-refractivity contribution in [2.24, 2.45) is 5.92 Å². The van der Waals surface area contributed by atoms with Gasteiger partial charge in [0.25, 0.3) is 0 Å². The van der Waals surface area contributed by atoms with E-state index in [1.165, 1.54) is 25.7 Å². The van der Waals surface area contributed by atoms with Gasteiger partial charge in [-0.3, -0.25) is 4.79 Å². The van der Waals surface area contributed by atoms with Gasteiger partial charge in [0.05, 0.1) is 0 Å². The lowest BCUT2D eigenvalue weighted by molar-refractivity contribution is -0.132. The predicted octanol–water partition coefficient (Wildman–Crippen LogP) is 2.43. The average molecular weight is 183 g/mol. The topological polar surface area (TPSA) is 20.3 Å². The Morgan fingerprint density at radius 3 is 2.69 bits per heavy atom. The number of rotatable bonds is 2. The van der Waals surface area contributed by atoms with E-state index in [0.717, 1.165) is 6.54 Å². The molecule has 1 unspecified atom stereocenters. The summed E-state index contributed by atoms with van der Waals surface area (Å²) in [5, 5.41) is 0. The Balaban J connectivity index is 2.51. The molecule has 0 saturated carbocycles. The van der Waals surface area contributed by atoms with Gasteiger partial charge in [-0.1, -0.05) is 13.8 Å². The molecule has 1 saturated heterocycles. The van der Waals surface area contributed by atoms with Crippen LogP contribution in [-0.4, -0.2) is 23.4 Å². The number of likely N-dealkylation sites (tertiary alicyclic amines) is 1. The van der Waals surface area contributed by atoms with Crippen LogP contribution < -0.4 is 0 Å². The number of hydrogen-bond donors (Lipinski definition) is 0. The summed E-state index contributed by atoms with van der Waals surface area (Å²) < 4.78 is 0. The van der Waals surface area contributed by atoms with Crippen LogP contribution in [0.25, 0.3) is 0 Å². The number of carbonyl (C=O) groups excluding carboxylic acids is 1. The first-order valence-corrected chi connectivity index (χ1v) is 5.38. The second kappa shape index (κ2) is 4.64. The van der Waals surface area contributed by atoms with Crippen molar-refractivity contribution >= 4 is 5.91 Å². The highest BCUT2D eigenvalue weighted by Gasteiger charge is 2.24. The fourth-order valence-electron chi connectivity index (χ4n) is 2.20. The third kappa shape index (κ3) is 3.02. The molecule has 0 aromatic rings. The second-order valence-electron chi connectivity index (χ2n) is 4.49. The van der Waals surface area contributed by atoms with Crippen LogP contribution in [0, 0.1) is 5.92 Å². The van der Waals surface area contributed by atoms with E-state index in [9.17, 15) is 4.79 Å². The van der Waals surface area contributed by atoms with Crippen molar-refractivity contribution in [1.82, 2.24) is 4.90 Å². The summed E-state index contributed by atoms with van der Waals surface area (Å²) in [6.07, 6.45) is 4.85. The van der Waals surface area contributed by atoms with Crippen molar-refractivity contribution in [1.29, 1.82) is 0 Å². The summed E-state index contributed by atoms with van der Waals surface area (Å²) in [7, 11) is 0. The maximum atomic E-state index is 11.3. The number of carbonyl (C=O) groups is 1. The van der Waals surface area contributed by atoms with Gasteiger partial charge in [-0.2, -0.15) is 0 Å². The molecule has 1 amide bonds. The van der Waals surface area contributed by atoms with Crippen molar-refractivity contribution in [2.75, 3.05) is 6.54 Å². The fourth-order valence-corrected chi connectivity index (χ4v) is 2.20. The van der Waals surface area contributed by atoms with Crippen LogP contribution in [0.3, 0.4) is 0 Å². The minimum absolute atomic E-state index is 0.255. The van der Waals surface area contributed by atoms with Crippen molar-refractivity contribution in [2.45, 2.75) is 52.5 Å². The molecule has 76 valence electrons. The summed E-state index contributed by atoms with van der Waals surface area (Å²) in [4.78, 5) is 13.4. The highest BCUT2D eigenvalue weighted by molar-refractivity contribution is 5.73. The Morgan fingerprint density at radius 2 is 2.15 bits per heavy atom. The molecule has 0 bridgehead atoms. The van der Waals surface area contributed by atoms with Crippen LogP contribution in [0.5, 0.6) is 0 Å². The van der Waals surface area contributed by atoms with Crippen LogP contribution in [-0.2, 0) is 4.79 Å². The molecule has 0 radical (unpaired) electrons. The Morgan fingerprint density at radius 1 is 1.46 bits per heavy atom. The van der Waals surface area contributed by atoms with Gasteiger partial charge in [0.15, 0.2) is 0 Å². The Hall–Kier alpha value is -0.530. The Labute approximate surface area is 81.3 Å². The molecule has 0 aromatic heterocycles. The first-order valence-electron chi connectivity index (χ1n) is 5.38. The summed E-state index contributed by atoms with van der Waals surface area (Å²) in [5.74, 6) is 0.954. The smallest absolute Gasteiger partial charge is 0.219 e. The Bertz CT molecular complexity index is 177. The van der Waals surface area contributed by atoms with E-state index in [0.29, 0.717) is 12.0 Å². The third-order valence-corrected chi connectivity index (χ3v) is 2.78. The van der Waals surface area contributed by atoms with Gasteiger partial charge in [0.1, 0.15) is 0 Å². The molecular weight excluding hydrogens is 162 g/mol. The molecule has 0 N–H and O–H groups in total. The molecule has 1 atom stereocenters. The van der Waals surface area contributed by atoms with Gasteiger partial charge >= 0.3 is 0 Å². The number of hydrogen-bond acceptors (Lipinski definition) is 1. The molecule has 1 rings (SSSR count). The third-order valence-electron chi connectivity index (χ3n) is 2.78. The lowest BCUT2D eigenvalue weighted by Crippen LogP contribution is -2.43. The molecule has 1 heterocycles. The van der Waals surface area contributed by atoms with Crippen LogP contribution in [0.1, 0.15) is 46.5 Å². The van der Waals surface area contributed by atoms with Crippen LogP contribution in [0.4, 0.5) is 0 Å². The van der Waals surface area contributed by atoms with Gasteiger partial charge in [-0.15, -0.1) is 0 Å². The molecule has 2 heteroatoms. The first kappa shape index (κ1) is 10.6. The second-order valence-corrected chi connectivity index (χ2v) is 4.49. The van der Waals surface area contributed by atoms with E-state index in [1.54, 1.807) is 6.92 Å². The fraction of sp³-hybridized carbons (Fsp3) is 0.909. The first-order chi connectivity index (χ1) is 6.11. The zero-order valence-corrected chi connectivity index (χ0v) is 9.05. The van der Waals surface area contributed by atoms with Crippen LogP contribution >= 0.6 is 0 Å². The SMILES string of the molecule is CC(=O)N1CCCCC1CC(C)C. The van der Waals surface area contributed by atoms with E-state index in [2.05, 4.69) is 18.7 Å². The highest BCUT2D eigenvalue weighted by atomic mass is 16.2. The van der Waals surface area contributed by atoms with E-state index in [-0.39, 0.29) is 5.91 Å². The standard InChI is InChI=1S/C11H21NO/c1-9(2)8-11-6-4-5-7-12(11)10(3)13/h9,11H,4-8H2,1-3H3. The summed E-state index contributed by atoms with van der Waals surface area (Å²) in [6, 6.07) is 0.520. The van der Waals surface area contributed by atoms with E-state index < -0.39 is 0 Å². The number of nitrogens with zero attached hydrogens (tertiary/aromatic N) is 1. The zero-order valence-electron chi connectivity index (χ0n) is 9.05. The van der Waals surface area contributed by atoms with Gasteiger partial charge in [0.2, 0.25) is 5.91 Å². The van der Waals surface area contributed by atoms with E-state index in [1.807, 2.05) is 0 Å². The molecule has 1 fully saturated rings. The van der Waals surface area contributed by atoms with Gasteiger partial charge in [-0.25, -0.2) is 0 Å². The maximum absolute atomic E-state index is 11.3. The Kier molecular flexibility index (Phi) is 3.76. The van der Waals surface area contributed by atoms with Crippen molar-refractivity contribution in [3.8, 4) is 0 Å². The van der Waals surface area contributed by atoms with Crippen molar-refractivity contribution in [3.63, 3.8) is 0 Å². The normalized spacial score (nSPS) is 23.7. The highest BCUT2D eigenvalue weighted by Crippen LogP contribution is 2.22. The van der Waals surface area contributed by atoms with Gasteiger partial charge in [-0.05, 0) is 31.6 Å². The number of piperidine rings is 1. The summed E-state index contributed by atoms with van der Waals surface area (Å²) in [6.45, 7) is 7.13. The largest absolute Gasteiger partial charge is 0.340 e. The van der Waals surface area contributed by atoms with Crippen LogP contribution in [0.15, 0.2) is 0 Å². The minimum Gasteiger partial charge on any atom is -0.340 e. The quantitative estimate of drug-likeness (QED) is 0.644. The van der Waals surface area contributed by atoms with Gasteiger partial charge in [0, 0.05) is 19.5 Å². The van der Waals surface area contributed by atoms with E-state index >= 15 is 0 Å². The molecule has 2 nitrogen and oxygen atoms in total. The molecular formula is C11H21NO. The maximum Gasteiger partial charge on any atom is 0.219 e. The molecule has 1 aliphatic heterocycles. The van der Waals surface area contributed by atoms with Crippen LogP contribution in [0.2, 0.25) is 0 Å². The predicted molar refractivity (Wildman–Crippen MR) is 54.5 cm³/mol.